The van der Waals surface area contributed by atoms with Gasteiger partial charge in [0, 0.05) is 7.11 Å². The molecule has 2 rings (SSSR count). The minimum Gasteiger partial charge on any atom is -0.414 e. The van der Waals surface area contributed by atoms with Gasteiger partial charge in [0.2, 0.25) is 0 Å². The van der Waals surface area contributed by atoms with Crippen molar-refractivity contribution >= 4 is 8.32 Å². The molecule has 4 atom stereocenters. The molecule has 5 nitrogen and oxygen atoms in total. The van der Waals surface area contributed by atoms with Crippen molar-refractivity contribution < 1.29 is 23.7 Å². The lowest BCUT2D eigenvalue weighted by Crippen LogP contribution is -2.44. The van der Waals surface area contributed by atoms with Crippen LogP contribution in [0.25, 0.3) is 0 Å². The lowest BCUT2D eigenvalue weighted by Gasteiger charge is -2.37. The van der Waals surface area contributed by atoms with Gasteiger partial charge in [-0.05, 0) is 23.7 Å². The quantitative estimate of drug-likeness (QED) is 0.697. The first-order chi connectivity index (χ1) is 12.2. The molecule has 0 spiro atoms. The van der Waals surface area contributed by atoms with Crippen molar-refractivity contribution in [1.82, 2.24) is 0 Å². The topological polar surface area (TPSA) is 57.2 Å². The summed E-state index contributed by atoms with van der Waals surface area (Å²) in [4.78, 5) is 0. The van der Waals surface area contributed by atoms with Gasteiger partial charge in [0.25, 0.3) is 0 Å². The first-order valence-electron chi connectivity index (χ1n) is 9.28. The zero-order chi connectivity index (χ0) is 19.4. The smallest absolute Gasteiger partial charge is 0.192 e. The molecule has 1 aromatic rings. The molecule has 0 radical (unpaired) electrons. The third kappa shape index (κ3) is 5.15. The highest BCUT2D eigenvalue weighted by molar-refractivity contribution is 6.74. The second-order valence-electron chi connectivity index (χ2n) is 8.46. The van der Waals surface area contributed by atoms with Crippen molar-refractivity contribution in [3.8, 4) is 0 Å². The Kier molecular flexibility index (Phi) is 7.41. The Bertz CT molecular complexity index is 543. The number of ether oxygens (including phenoxy) is 3. The zero-order valence-corrected chi connectivity index (χ0v) is 17.9. The second kappa shape index (κ2) is 8.95. The maximum atomic E-state index is 9.84. The van der Waals surface area contributed by atoms with E-state index in [1.165, 1.54) is 0 Å². The molecule has 0 amide bonds. The van der Waals surface area contributed by atoms with Gasteiger partial charge in [-0.3, -0.25) is 0 Å². The minimum absolute atomic E-state index is 0.0471. The van der Waals surface area contributed by atoms with E-state index in [-0.39, 0.29) is 29.8 Å². The third-order valence-corrected chi connectivity index (χ3v) is 10.1. The number of benzene rings is 1. The van der Waals surface area contributed by atoms with Gasteiger partial charge < -0.3 is 23.7 Å². The summed E-state index contributed by atoms with van der Waals surface area (Å²) in [6, 6.07) is 10.0. The van der Waals surface area contributed by atoms with E-state index in [0.717, 1.165) is 5.56 Å². The molecule has 0 saturated carbocycles. The zero-order valence-electron chi connectivity index (χ0n) is 16.9. The van der Waals surface area contributed by atoms with E-state index in [2.05, 4.69) is 33.9 Å². The molecule has 0 aliphatic carbocycles. The summed E-state index contributed by atoms with van der Waals surface area (Å²) in [5.74, 6) is -0.225. The van der Waals surface area contributed by atoms with Gasteiger partial charge in [-0.2, -0.15) is 0 Å². The van der Waals surface area contributed by atoms with Crippen molar-refractivity contribution in [3.63, 3.8) is 0 Å². The highest BCUT2D eigenvalue weighted by Gasteiger charge is 2.47. The van der Waals surface area contributed by atoms with Crippen LogP contribution in [0.15, 0.2) is 30.3 Å². The van der Waals surface area contributed by atoms with Crippen LogP contribution in [0.3, 0.4) is 0 Å². The third-order valence-electron chi connectivity index (χ3n) is 5.59. The number of hydrogen-bond donors (Lipinski definition) is 1. The molecule has 4 unspecified atom stereocenters. The Morgan fingerprint density at radius 1 is 1.15 bits per heavy atom. The Morgan fingerprint density at radius 3 is 2.35 bits per heavy atom. The van der Waals surface area contributed by atoms with Gasteiger partial charge in [0.1, 0.15) is 6.10 Å². The molecule has 0 aromatic heterocycles. The standard InChI is InChI=1S/C20H34O5Si/c1-20(2,3)26(5,6)24-14-17-18(16(12-21)19(22-4)25-17)23-13-15-10-8-7-9-11-15/h7-11,16-19,21H,12-14H2,1-6H3. The molecule has 1 N–H and O–H groups in total. The number of aliphatic hydroxyl groups excluding tert-OH is 1. The maximum absolute atomic E-state index is 9.84. The molecule has 1 aromatic carbocycles. The van der Waals surface area contributed by atoms with Gasteiger partial charge in [0.15, 0.2) is 14.6 Å². The van der Waals surface area contributed by atoms with Crippen LogP contribution in [0, 0.1) is 5.92 Å². The number of methoxy groups -OCH3 is 1. The Hall–Kier alpha value is -0.763. The van der Waals surface area contributed by atoms with Crippen LogP contribution in [0.4, 0.5) is 0 Å². The van der Waals surface area contributed by atoms with Crippen molar-refractivity contribution in [2.24, 2.45) is 5.92 Å². The first kappa shape index (κ1) is 21.5. The Balaban J connectivity index is 2.06. The normalized spacial score (nSPS) is 27.0. The largest absolute Gasteiger partial charge is 0.414 e. The SMILES string of the molecule is COC1OC(CO[Si](C)(C)C(C)(C)C)C(OCc2ccccc2)C1CO. The Morgan fingerprint density at radius 2 is 1.81 bits per heavy atom. The van der Waals surface area contributed by atoms with Gasteiger partial charge in [-0.25, -0.2) is 0 Å². The molecule has 1 aliphatic heterocycles. The van der Waals surface area contributed by atoms with Gasteiger partial charge in [0.05, 0.1) is 31.8 Å². The minimum atomic E-state index is -1.89. The van der Waals surface area contributed by atoms with Crippen LogP contribution < -0.4 is 0 Å². The van der Waals surface area contributed by atoms with E-state index in [1.807, 2.05) is 30.3 Å². The van der Waals surface area contributed by atoms with E-state index >= 15 is 0 Å². The number of rotatable bonds is 8. The van der Waals surface area contributed by atoms with Crippen molar-refractivity contribution in [1.29, 1.82) is 0 Å². The highest BCUT2D eigenvalue weighted by Crippen LogP contribution is 2.38. The van der Waals surface area contributed by atoms with E-state index in [0.29, 0.717) is 13.2 Å². The molecule has 1 saturated heterocycles. The predicted molar refractivity (Wildman–Crippen MR) is 104 cm³/mol. The summed E-state index contributed by atoms with van der Waals surface area (Å²) in [7, 11) is -0.296. The maximum Gasteiger partial charge on any atom is 0.192 e. The molecule has 26 heavy (non-hydrogen) atoms. The summed E-state index contributed by atoms with van der Waals surface area (Å²) in [5.41, 5.74) is 1.09. The second-order valence-corrected chi connectivity index (χ2v) is 13.3. The van der Waals surface area contributed by atoms with E-state index < -0.39 is 14.6 Å². The fraction of sp³-hybridized carbons (Fsp3) is 0.700. The lowest BCUT2D eigenvalue weighted by atomic mass is 10.0. The summed E-state index contributed by atoms with van der Waals surface area (Å²) in [5, 5.41) is 9.97. The van der Waals surface area contributed by atoms with Crippen molar-refractivity contribution in [3.05, 3.63) is 35.9 Å². The summed E-state index contributed by atoms with van der Waals surface area (Å²) < 4.78 is 23.9. The van der Waals surface area contributed by atoms with Crippen molar-refractivity contribution in [2.75, 3.05) is 20.3 Å². The molecule has 1 aliphatic rings. The average molecular weight is 383 g/mol. The number of hydrogen-bond acceptors (Lipinski definition) is 5. The first-order valence-corrected chi connectivity index (χ1v) is 12.2. The summed E-state index contributed by atoms with van der Waals surface area (Å²) in [6.07, 6.45) is -1.00. The molecule has 6 heteroatoms. The monoisotopic (exact) mass is 382 g/mol. The molecular formula is C20H34O5Si. The molecule has 0 bridgehead atoms. The molecule has 1 heterocycles. The molecular weight excluding hydrogens is 348 g/mol. The van der Waals surface area contributed by atoms with Crippen LogP contribution in [-0.2, 0) is 25.2 Å². The fourth-order valence-corrected chi connectivity index (χ4v) is 3.85. The van der Waals surface area contributed by atoms with E-state index in [4.69, 9.17) is 18.6 Å². The van der Waals surface area contributed by atoms with Crippen LogP contribution in [0.2, 0.25) is 18.1 Å². The Labute approximate surface area is 158 Å². The highest BCUT2D eigenvalue weighted by atomic mass is 28.4. The molecule has 148 valence electrons. The van der Waals surface area contributed by atoms with Crippen LogP contribution in [0.5, 0.6) is 0 Å². The van der Waals surface area contributed by atoms with Gasteiger partial charge in [-0.1, -0.05) is 51.1 Å². The fourth-order valence-electron chi connectivity index (χ4n) is 2.84. The lowest BCUT2D eigenvalue weighted by molar-refractivity contribution is -0.142. The number of aliphatic hydroxyl groups is 1. The molecule has 1 fully saturated rings. The van der Waals surface area contributed by atoms with Crippen LogP contribution >= 0.6 is 0 Å². The summed E-state index contributed by atoms with van der Waals surface area (Å²) >= 11 is 0. The van der Waals surface area contributed by atoms with E-state index in [1.54, 1.807) is 7.11 Å². The predicted octanol–water partition coefficient (Wildman–Crippen LogP) is 3.57. The van der Waals surface area contributed by atoms with Gasteiger partial charge >= 0.3 is 0 Å². The van der Waals surface area contributed by atoms with Crippen molar-refractivity contribution in [2.45, 2.75) is 64.0 Å². The summed E-state index contributed by atoms with van der Waals surface area (Å²) in [6.45, 7) is 12.0. The van der Waals surface area contributed by atoms with Crippen LogP contribution in [0.1, 0.15) is 26.3 Å². The van der Waals surface area contributed by atoms with Gasteiger partial charge in [-0.15, -0.1) is 0 Å². The average Bonchev–Trinajstić information content (AvgIpc) is 2.95. The van der Waals surface area contributed by atoms with E-state index in [9.17, 15) is 5.11 Å². The van der Waals surface area contributed by atoms with Crippen LogP contribution in [-0.4, -0.2) is 52.2 Å².